The molecule has 0 aliphatic rings. The first-order chi connectivity index (χ1) is 8.97. The van der Waals surface area contributed by atoms with Crippen molar-refractivity contribution < 1.29 is 9.50 Å². The van der Waals surface area contributed by atoms with Crippen molar-refractivity contribution in [2.45, 2.75) is 6.54 Å². The predicted molar refractivity (Wildman–Crippen MR) is 79.6 cm³/mol. The van der Waals surface area contributed by atoms with Crippen molar-refractivity contribution in [1.82, 2.24) is 0 Å². The van der Waals surface area contributed by atoms with Crippen molar-refractivity contribution in [3.05, 3.63) is 56.2 Å². The Balaban J connectivity index is 2.16. The van der Waals surface area contributed by atoms with E-state index >= 15 is 0 Å². The lowest BCUT2D eigenvalue weighted by molar-refractivity contribution is 0.469. The van der Waals surface area contributed by atoms with E-state index < -0.39 is 0 Å². The third kappa shape index (κ3) is 3.53. The highest BCUT2D eigenvalue weighted by molar-refractivity contribution is 9.10. The van der Waals surface area contributed by atoms with Crippen LogP contribution in [0.25, 0.3) is 0 Å². The number of benzene rings is 2. The van der Waals surface area contributed by atoms with Gasteiger partial charge >= 0.3 is 0 Å². The van der Waals surface area contributed by atoms with E-state index in [1.54, 1.807) is 18.2 Å². The SMILES string of the molecule is Oc1c(Cl)cc(Cl)cc1CNc1ccc(F)c(Br)c1. The molecule has 0 amide bonds. The summed E-state index contributed by atoms with van der Waals surface area (Å²) in [6, 6.07) is 7.64. The summed E-state index contributed by atoms with van der Waals surface area (Å²) in [5.74, 6) is -0.348. The minimum Gasteiger partial charge on any atom is -0.506 e. The maximum absolute atomic E-state index is 13.1. The lowest BCUT2D eigenvalue weighted by Crippen LogP contribution is -2.00. The maximum atomic E-state index is 13.1. The summed E-state index contributed by atoms with van der Waals surface area (Å²) in [4.78, 5) is 0. The largest absolute Gasteiger partial charge is 0.506 e. The summed E-state index contributed by atoms with van der Waals surface area (Å²) in [5, 5.41) is 13.5. The Morgan fingerprint density at radius 3 is 2.63 bits per heavy atom. The number of hydrogen-bond acceptors (Lipinski definition) is 2. The number of hydrogen-bond donors (Lipinski definition) is 2. The Morgan fingerprint density at radius 1 is 1.21 bits per heavy atom. The van der Waals surface area contributed by atoms with Crippen LogP contribution in [-0.4, -0.2) is 5.11 Å². The Kier molecular flexibility index (Phi) is 4.55. The van der Waals surface area contributed by atoms with E-state index in [0.29, 0.717) is 27.3 Å². The summed E-state index contributed by atoms with van der Waals surface area (Å²) in [7, 11) is 0. The zero-order chi connectivity index (χ0) is 14.0. The summed E-state index contributed by atoms with van der Waals surface area (Å²) < 4.78 is 13.4. The van der Waals surface area contributed by atoms with Crippen molar-refractivity contribution in [3.63, 3.8) is 0 Å². The molecule has 0 fully saturated rings. The van der Waals surface area contributed by atoms with Gasteiger partial charge in [0.05, 0.1) is 9.50 Å². The highest BCUT2D eigenvalue weighted by atomic mass is 79.9. The molecule has 0 atom stereocenters. The van der Waals surface area contributed by atoms with Gasteiger partial charge in [0.2, 0.25) is 0 Å². The Hall–Kier alpha value is -0.970. The van der Waals surface area contributed by atoms with Gasteiger partial charge in [0.15, 0.2) is 0 Å². The van der Waals surface area contributed by atoms with Gasteiger partial charge in [-0.3, -0.25) is 0 Å². The predicted octanol–water partition coefficient (Wildman–Crippen LogP) is 5.21. The van der Waals surface area contributed by atoms with Crippen LogP contribution >= 0.6 is 39.1 Å². The fourth-order valence-corrected chi connectivity index (χ4v) is 2.47. The zero-order valence-electron chi connectivity index (χ0n) is 9.55. The number of phenols is 1. The van der Waals surface area contributed by atoms with Gasteiger partial charge in [-0.25, -0.2) is 4.39 Å². The lowest BCUT2D eigenvalue weighted by Gasteiger charge is -2.10. The highest BCUT2D eigenvalue weighted by Crippen LogP contribution is 2.31. The topological polar surface area (TPSA) is 32.3 Å². The van der Waals surface area contributed by atoms with Crippen molar-refractivity contribution >= 4 is 44.8 Å². The number of rotatable bonds is 3. The van der Waals surface area contributed by atoms with Crippen molar-refractivity contribution in [2.24, 2.45) is 0 Å². The minimum atomic E-state index is -0.334. The van der Waals surface area contributed by atoms with E-state index in [-0.39, 0.29) is 16.6 Å². The third-order valence-electron chi connectivity index (χ3n) is 2.51. The van der Waals surface area contributed by atoms with Crippen LogP contribution in [0.1, 0.15) is 5.56 Å². The highest BCUT2D eigenvalue weighted by Gasteiger charge is 2.08. The molecular formula is C13H9BrCl2FNO. The van der Waals surface area contributed by atoms with Gasteiger partial charge in [0.1, 0.15) is 11.6 Å². The molecule has 2 aromatic rings. The first-order valence-corrected chi connectivity index (χ1v) is 6.88. The Morgan fingerprint density at radius 2 is 1.95 bits per heavy atom. The van der Waals surface area contributed by atoms with Crippen LogP contribution in [0.2, 0.25) is 10.0 Å². The molecule has 0 spiro atoms. The Bertz CT molecular complexity index is 622. The molecule has 0 radical (unpaired) electrons. The van der Waals surface area contributed by atoms with Crippen LogP contribution in [0.3, 0.4) is 0 Å². The van der Waals surface area contributed by atoms with Crippen molar-refractivity contribution in [1.29, 1.82) is 0 Å². The van der Waals surface area contributed by atoms with Crippen LogP contribution in [0.4, 0.5) is 10.1 Å². The molecule has 2 N–H and O–H groups in total. The molecule has 0 saturated carbocycles. The molecule has 0 unspecified atom stereocenters. The van der Waals surface area contributed by atoms with E-state index in [2.05, 4.69) is 21.2 Å². The van der Waals surface area contributed by atoms with Gasteiger partial charge in [-0.1, -0.05) is 23.2 Å². The van der Waals surface area contributed by atoms with Gasteiger partial charge in [-0.05, 0) is 46.3 Å². The monoisotopic (exact) mass is 363 g/mol. The summed E-state index contributed by atoms with van der Waals surface area (Å²) >= 11 is 14.8. The minimum absolute atomic E-state index is 0.0141. The molecule has 0 heterocycles. The molecule has 0 bridgehead atoms. The van der Waals surface area contributed by atoms with Gasteiger partial charge in [-0.2, -0.15) is 0 Å². The second kappa shape index (κ2) is 5.99. The number of phenolic OH excluding ortho intramolecular Hbond substituents is 1. The quantitative estimate of drug-likeness (QED) is 0.783. The molecular weight excluding hydrogens is 356 g/mol. The van der Waals surface area contributed by atoms with Gasteiger partial charge in [0, 0.05) is 22.8 Å². The van der Waals surface area contributed by atoms with Crippen molar-refractivity contribution in [3.8, 4) is 5.75 Å². The number of aromatic hydroxyl groups is 1. The van der Waals surface area contributed by atoms with Gasteiger partial charge < -0.3 is 10.4 Å². The zero-order valence-corrected chi connectivity index (χ0v) is 12.7. The van der Waals surface area contributed by atoms with Crippen LogP contribution in [0.15, 0.2) is 34.8 Å². The molecule has 2 nitrogen and oxygen atoms in total. The fourth-order valence-electron chi connectivity index (χ4n) is 1.56. The van der Waals surface area contributed by atoms with E-state index in [4.69, 9.17) is 23.2 Å². The standard InChI is InChI=1S/C13H9BrCl2FNO/c14-10-5-9(1-2-12(10)17)18-6-7-3-8(15)4-11(16)13(7)19/h1-5,18-19H,6H2. The number of halogens is 4. The molecule has 0 saturated heterocycles. The average Bonchev–Trinajstić information content (AvgIpc) is 2.36. The summed E-state index contributed by atoms with van der Waals surface area (Å²) in [6.45, 7) is 0.324. The molecule has 0 aliphatic heterocycles. The van der Waals surface area contributed by atoms with Crippen LogP contribution in [0.5, 0.6) is 5.75 Å². The maximum Gasteiger partial charge on any atom is 0.139 e. The Labute approximate surface area is 128 Å². The fraction of sp³-hybridized carbons (Fsp3) is 0.0769. The van der Waals surface area contributed by atoms with Crippen molar-refractivity contribution in [2.75, 3.05) is 5.32 Å². The first kappa shape index (κ1) is 14.4. The molecule has 100 valence electrons. The molecule has 2 aromatic carbocycles. The molecule has 2 rings (SSSR count). The van der Waals surface area contributed by atoms with Crippen LogP contribution in [0, 0.1) is 5.82 Å². The van der Waals surface area contributed by atoms with Crippen LogP contribution in [-0.2, 0) is 6.54 Å². The molecule has 0 aliphatic carbocycles. The second-order valence-corrected chi connectivity index (χ2v) is 5.58. The van der Waals surface area contributed by atoms with E-state index in [9.17, 15) is 9.50 Å². The number of anilines is 1. The summed E-state index contributed by atoms with van der Waals surface area (Å²) in [6.07, 6.45) is 0. The van der Waals surface area contributed by atoms with E-state index in [1.165, 1.54) is 12.1 Å². The molecule has 19 heavy (non-hydrogen) atoms. The van der Waals surface area contributed by atoms with Crippen LogP contribution < -0.4 is 5.32 Å². The van der Waals surface area contributed by atoms with Gasteiger partial charge in [-0.15, -0.1) is 0 Å². The smallest absolute Gasteiger partial charge is 0.139 e. The second-order valence-electron chi connectivity index (χ2n) is 3.88. The summed E-state index contributed by atoms with van der Waals surface area (Å²) in [5.41, 5.74) is 1.28. The molecule has 6 heteroatoms. The van der Waals surface area contributed by atoms with Gasteiger partial charge in [0.25, 0.3) is 0 Å². The normalized spacial score (nSPS) is 10.5. The first-order valence-electron chi connectivity index (χ1n) is 5.33. The number of nitrogens with one attached hydrogen (secondary N) is 1. The molecule has 0 aromatic heterocycles. The third-order valence-corrected chi connectivity index (χ3v) is 3.62. The average molecular weight is 365 g/mol. The van der Waals surface area contributed by atoms with E-state index in [1.807, 2.05) is 0 Å². The van der Waals surface area contributed by atoms with E-state index in [0.717, 1.165) is 0 Å². The lowest BCUT2D eigenvalue weighted by atomic mass is 10.2.